The van der Waals surface area contributed by atoms with Crippen molar-refractivity contribution in [3.8, 4) is 0 Å². The third kappa shape index (κ3) is 5.90. The van der Waals surface area contributed by atoms with Gasteiger partial charge in [-0.05, 0) is 19.3 Å². The molecule has 2 saturated heterocycles. The fourth-order valence-corrected chi connectivity index (χ4v) is 4.56. The number of hydrogen-bond donors (Lipinski definition) is 1. The van der Waals surface area contributed by atoms with Crippen LogP contribution in [0.15, 0.2) is 10.4 Å². The number of morpholine rings is 1. The summed E-state index contributed by atoms with van der Waals surface area (Å²) < 4.78 is 5.47. The summed E-state index contributed by atoms with van der Waals surface area (Å²) in [5, 5.41) is 6.74. The van der Waals surface area contributed by atoms with E-state index in [2.05, 4.69) is 48.2 Å². The molecule has 3 heterocycles. The fourth-order valence-electron chi connectivity index (χ4n) is 3.62. The van der Waals surface area contributed by atoms with Crippen molar-refractivity contribution in [1.82, 2.24) is 20.1 Å². The van der Waals surface area contributed by atoms with Crippen LogP contribution >= 0.6 is 11.3 Å². The van der Waals surface area contributed by atoms with E-state index in [9.17, 15) is 0 Å². The molecular formula is C20H35N5OS. The minimum atomic E-state index is 0.102. The van der Waals surface area contributed by atoms with Crippen molar-refractivity contribution in [3.05, 3.63) is 16.1 Å². The monoisotopic (exact) mass is 393 g/mol. The fraction of sp³-hybridized carbons (Fsp3) is 0.800. The van der Waals surface area contributed by atoms with E-state index >= 15 is 0 Å². The highest BCUT2D eigenvalue weighted by molar-refractivity contribution is 7.09. The lowest BCUT2D eigenvalue weighted by Crippen LogP contribution is -2.42. The summed E-state index contributed by atoms with van der Waals surface area (Å²) in [6.45, 7) is 17.6. The highest BCUT2D eigenvalue weighted by Crippen LogP contribution is 2.24. The van der Waals surface area contributed by atoms with Gasteiger partial charge >= 0.3 is 0 Å². The van der Waals surface area contributed by atoms with Gasteiger partial charge in [-0.2, -0.15) is 0 Å². The van der Waals surface area contributed by atoms with Crippen molar-refractivity contribution >= 4 is 17.3 Å². The van der Waals surface area contributed by atoms with Gasteiger partial charge in [0.05, 0.1) is 25.5 Å². The third-order valence-electron chi connectivity index (χ3n) is 5.22. The van der Waals surface area contributed by atoms with E-state index < -0.39 is 0 Å². The van der Waals surface area contributed by atoms with Crippen LogP contribution in [-0.2, 0) is 16.7 Å². The Morgan fingerprint density at radius 3 is 2.78 bits per heavy atom. The van der Waals surface area contributed by atoms with Crippen molar-refractivity contribution < 1.29 is 4.74 Å². The zero-order valence-electron chi connectivity index (χ0n) is 17.3. The smallest absolute Gasteiger partial charge is 0.194 e. The van der Waals surface area contributed by atoms with Crippen molar-refractivity contribution in [2.24, 2.45) is 10.9 Å². The molecule has 3 rings (SSSR count). The largest absolute Gasteiger partial charge is 0.379 e. The summed E-state index contributed by atoms with van der Waals surface area (Å²) in [5.74, 6) is 1.76. The number of ether oxygens (including phenoxy) is 1. The molecule has 1 aromatic rings. The Morgan fingerprint density at radius 2 is 2.11 bits per heavy atom. The molecule has 0 spiro atoms. The van der Waals surface area contributed by atoms with Gasteiger partial charge in [-0.3, -0.25) is 4.90 Å². The maximum Gasteiger partial charge on any atom is 0.194 e. The number of thiazole rings is 1. The number of likely N-dealkylation sites (tertiary alicyclic amines) is 1. The first kappa shape index (κ1) is 20.6. The number of hydrogen-bond acceptors (Lipinski definition) is 5. The van der Waals surface area contributed by atoms with E-state index in [0.717, 1.165) is 68.5 Å². The van der Waals surface area contributed by atoms with E-state index in [1.54, 1.807) is 11.3 Å². The van der Waals surface area contributed by atoms with Crippen LogP contribution in [0.5, 0.6) is 0 Å². The van der Waals surface area contributed by atoms with Crippen LogP contribution in [0.1, 0.15) is 44.8 Å². The third-order valence-corrected chi connectivity index (χ3v) is 6.06. The highest BCUT2D eigenvalue weighted by Gasteiger charge is 2.27. The van der Waals surface area contributed by atoms with Gasteiger partial charge in [-0.25, -0.2) is 9.98 Å². The van der Waals surface area contributed by atoms with Crippen LogP contribution in [0.25, 0.3) is 0 Å². The molecule has 1 N–H and O–H groups in total. The number of nitrogens with zero attached hydrogens (tertiary/aromatic N) is 4. The van der Waals surface area contributed by atoms with E-state index in [-0.39, 0.29) is 5.41 Å². The Morgan fingerprint density at radius 1 is 1.33 bits per heavy atom. The molecule has 6 nitrogen and oxygen atoms in total. The van der Waals surface area contributed by atoms with Crippen LogP contribution in [0.4, 0.5) is 0 Å². The molecule has 1 atom stereocenters. The van der Waals surface area contributed by atoms with Gasteiger partial charge in [0.1, 0.15) is 5.01 Å². The standard InChI is InChI=1S/C20H35N5OS/c1-5-21-19(22-12-18-23-17(15-27-18)20(2,3)4)25-7-6-16(14-25)13-24-8-10-26-11-9-24/h15-16H,5-14H2,1-4H3,(H,21,22). The van der Waals surface area contributed by atoms with Gasteiger partial charge in [0.15, 0.2) is 5.96 Å². The van der Waals surface area contributed by atoms with Gasteiger partial charge in [-0.15, -0.1) is 11.3 Å². The summed E-state index contributed by atoms with van der Waals surface area (Å²) >= 11 is 1.72. The summed E-state index contributed by atoms with van der Waals surface area (Å²) in [6, 6.07) is 0. The predicted molar refractivity (Wildman–Crippen MR) is 113 cm³/mol. The lowest BCUT2D eigenvalue weighted by molar-refractivity contribution is 0.0315. The van der Waals surface area contributed by atoms with Crippen molar-refractivity contribution in [3.63, 3.8) is 0 Å². The van der Waals surface area contributed by atoms with Crippen LogP contribution in [-0.4, -0.2) is 73.2 Å². The lowest BCUT2D eigenvalue weighted by Gasteiger charge is -2.29. The zero-order valence-corrected chi connectivity index (χ0v) is 18.1. The summed E-state index contributed by atoms with van der Waals surface area (Å²) in [5.41, 5.74) is 1.26. The Bertz CT molecular complexity index is 618. The molecule has 0 aromatic carbocycles. The Hall–Kier alpha value is -1.18. The summed E-state index contributed by atoms with van der Waals surface area (Å²) in [4.78, 5) is 14.6. The average molecular weight is 394 g/mol. The second-order valence-electron chi connectivity index (χ2n) is 8.56. The molecule has 1 aromatic heterocycles. The Balaban J connectivity index is 1.56. The molecule has 2 aliphatic rings. The first-order valence-corrected chi connectivity index (χ1v) is 11.1. The quantitative estimate of drug-likeness (QED) is 0.615. The Kier molecular flexibility index (Phi) is 7.11. The van der Waals surface area contributed by atoms with Gasteiger partial charge in [0, 0.05) is 50.1 Å². The summed E-state index contributed by atoms with van der Waals surface area (Å²) in [6.07, 6.45) is 1.24. The highest BCUT2D eigenvalue weighted by atomic mass is 32.1. The molecule has 0 amide bonds. The molecule has 1 unspecified atom stereocenters. The molecule has 27 heavy (non-hydrogen) atoms. The molecule has 2 aliphatic heterocycles. The molecule has 0 aliphatic carbocycles. The van der Waals surface area contributed by atoms with Gasteiger partial charge in [0.2, 0.25) is 0 Å². The molecule has 0 radical (unpaired) electrons. The van der Waals surface area contributed by atoms with Crippen LogP contribution < -0.4 is 5.32 Å². The number of guanidine groups is 1. The molecule has 2 fully saturated rings. The van der Waals surface area contributed by atoms with Crippen molar-refractivity contribution in [2.45, 2.75) is 46.1 Å². The van der Waals surface area contributed by atoms with Crippen molar-refractivity contribution in [2.75, 3.05) is 52.5 Å². The number of rotatable bonds is 5. The van der Waals surface area contributed by atoms with Gasteiger partial charge < -0.3 is 15.0 Å². The predicted octanol–water partition coefficient (Wildman–Crippen LogP) is 2.56. The van der Waals surface area contributed by atoms with Crippen LogP contribution in [0.2, 0.25) is 0 Å². The SMILES string of the molecule is CCNC(=NCc1nc(C(C)(C)C)cs1)N1CCC(CN2CCOCC2)C1. The van der Waals surface area contributed by atoms with E-state index in [1.807, 2.05) is 0 Å². The maximum atomic E-state index is 5.47. The minimum absolute atomic E-state index is 0.102. The Labute approximate surface area is 168 Å². The second kappa shape index (κ2) is 9.34. The molecule has 0 bridgehead atoms. The normalized spacial score (nSPS) is 22.4. The number of aromatic nitrogens is 1. The maximum absolute atomic E-state index is 5.47. The number of aliphatic imine (C=N–C) groups is 1. The van der Waals surface area contributed by atoms with Gasteiger partial charge in [-0.1, -0.05) is 20.8 Å². The van der Waals surface area contributed by atoms with Crippen LogP contribution in [0, 0.1) is 5.92 Å². The topological polar surface area (TPSA) is 53.0 Å². The molecule has 152 valence electrons. The molecular weight excluding hydrogens is 358 g/mol. The lowest BCUT2D eigenvalue weighted by atomic mass is 9.93. The molecule has 7 heteroatoms. The zero-order chi connectivity index (χ0) is 19.3. The van der Waals surface area contributed by atoms with E-state index in [0.29, 0.717) is 6.54 Å². The first-order valence-electron chi connectivity index (χ1n) is 10.2. The van der Waals surface area contributed by atoms with Crippen LogP contribution in [0.3, 0.4) is 0 Å². The second-order valence-corrected chi connectivity index (χ2v) is 9.50. The van der Waals surface area contributed by atoms with E-state index in [4.69, 9.17) is 14.7 Å². The van der Waals surface area contributed by atoms with Crippen molar-refractivity contribution in [1.29, 1.82) is 0 Å². The van der Waals surface area contributed by atoms with Gasteiger partial charge in [0.25, 0.3) is 0 Å². The molecule has 0 saturated carbocycles. The average Bonchev–Trinajstić information content (AvgIpc) is 3.29. The first-order chi connectivity index (χ1) is 13.0. The summed E-state index contributed by atoms with van der Waals surface area (Å²) in [7, 11) is 0. The van der Waals surface area contributed by atoms with E-state index in [1.165, 1.54) is 13.0 Å². The minimum Gasteiger partial charge on any atom is -0.379 e. The number of nitrogens with one attached hydrogen (secondary N) is 1.